The Morgan fingerprint density at radius 2 is 1.84 bits per heavy atom. The van der Waals surface area contributed by atoms with Gasteiger partial charge in [-0.25, -0.2) is 0 Å². The zero-order valence-corrected chi connectivity index (χ0v) is 13.4. The van der Waals surface area contributed by atoms with Crippen molar-refractivity contribution in [1.82, 2.24) is 9.88 Å². The molecular weight excluding hydrogens is 365 g/mol. The lowest BCUT2D eigenvalue weighted by molar-refractivity contribution is -0.111. The Morgan fingerprint density at radius 1 is 1.24 bits per heavy atom. The molecule has 2 heterocycles. The number of hydrogen-bond acceptors (Lipinski definition) is 6. The van der Waals surface area contributed by atoms with Crippen LogP contribution >= 0.6 is 0 Å². The molecule has 25 heavy (non-hydrogen) atoms. The van der Waals surface area contributed by atoms with E-state index in [0.717, 1.165) is 12.2 Å². The molecule has 0 fully saturated rings. The molecule has 2 aliphatic rings. The Hall–Kier alpha value is -2.53. The summed E-state index contributed by atoms with van der Waals surface area (Å²) in [7, 11) is -3.95. The molecule has 1 aliphatic carbocycles. The number of halogens is 3. The third kappa shape index (κ3) is 3.61. The largest absolute Gasteiger partial charge is 0.522 e. The third-order valence-corrected chi connectivity index (χ3v) is 3.91. The molecule has 0 spiro atoms. The van der Waals surface area contributed by atoms with Gasteiger partial charge in [0.15, 0.2) is 0 Å². The molecule has 1 aromatic rings. The second-order valence-electron chi connectivity index (χ2n) is 5.02. The van der Waals surface area contributed by atoms with Crippen LogP contribution in [0.25, 0.3) is 5.70 Å². The van der Waals surface area contributed by atoms with Crippen molar-refractivity contribution in [2.75, 3.05) is 13.6 Å². The maximum Gasteiger partial charge on any atom is 0.522 e. The van der Waals surface area contributed by atoms with E-state index in [9.17, 15) is 22.8 Å². The van der Waals surface area contributed by atoms with Crippen molar-refractivity contribution in [3.8, 4) is 0 Å². The van der Waals surface area contributed by atoms with Crippen molar-refractivity contribution in [1.29, 1.82) is 0 Å². The Bertz CT molecular complexity index is 903. The number of fused-ring (bicyclic) bond motifs is 2. The van der Waals surface area contributed by atoms with Gasteiger partial charge in [-0.1, -0.05) is 12.2 Å². The highest BCUT2D eigenvalue weighted by molar-refractivity contribution is 7.86. The molecular formula is C14H11F3N2O5S. The third-order valence-electron chi connectivity index (χ3n) is 3.32. The van der Waals surface area contributed by atoms with E-state index in [1.165, 1.54) is 0 Å². The fraction of sp³-hybridized carbons (Fsp3) is 0.214. The van der Waals surface area contributed by atoms with Crippen molar-refractivity contribution in [3.63, 3.8) is 0 Å². The molecule has 0 amide bonds. The van der Waals surface area contributed by atoms with Gasteiger partial charge in [0.05, 0.1) is 22.5 Å². The Kier molecular flexibility index (Phi) is 4.82. The second kappa shape index (κ2) is 6.41. The summed E-state index contributed by atoms with van der Waals surface area (Å²) in [6.07, 6.45) is 5.23. The lowest BCUT2D eigenvalue weighted by Gasteiger charge is -2.29. The maximum absolute atomic E-state index is 12.0. The molecule has 0 aromatic carbocycles. The average Bonchev–Trinajstić information content (AvgIpc) is 2.51. The smallest absolute Gasteiger partial charge is 0.368 e. The van der Waals surface area contributed by atoms with Gasteiger partial charge in [-0.3, -0.25) is 19.1 Å². The predicted molar refractivity (Wildman–Crippen MR) is 79.9 cm³/mol. The van der Waals surface area contributed by atoms with E-state index in [0.29, 0.717) is 16.8 Å². The fourth-order valence-corrected chi connectivity index (χ4v) is 2.22. The van der Waals surface area contributed by atoms with Crippen molar-refractivity contribution in [2.45, 2.75) is 5.51 Å². The standard InChI is InChI=1S/C13H10N2O2.CHF3O3S/c1-15-7-3-5-9-11(15)10-8(4-2-6-14-10)12(16)13(9)17;2-1(3,4)8(5,6)7/h2-6H,7H2,1H3;(H,5,6,7). The zero-order chi connectivity index (χ0) is 19.0. The monoisotopic (exact) mass is 376 g/mol. The second-order valence-corrected chi connectivity index (χ2v) is 6.44. The number of nitrogens with zero attached hydrogens (tertiary/aromatic N) is 2. The summed E-state index contributed by atoms with van der Waals surface area (Å²) in [6, 6.07) is 3.33. The number of alkyl halides is 3. The molecule has 0 saturated heterocycles. The molecule has 11 heteroatoms. The first kappa shape index (κ1) is 18.8. The number of ketones is 2. The number of pyridine rings is 1. The number of carbonyl (C=O) groups excluding carboxylic acids is 2. The summed E-state index contributed by atoms with van der Waals surface area (Å²) in [5, 5.41) is 0. The van der Waals surface area contributed by atoms with Crippen molar-refractivity contribution in [3.05, 3.63) is 47.3 Å². The van der Waals surface area contributed by atoms with Crippen LogP contribution in [0.1, 0.15) is 16.1 Å². The van der Waals surface area contributed by atoms with E-state index < -0.39 is 27.2 Å². The van der Waals surface area contributed by atoms with Crippen LogP contribution in [0, 0.1) is 0 Å². The van der Waals surface area contributed by atoms with Gasteiger partial charge >= 0.3 is 15.6 Å². The predicted octanol–water partition coefficient (Wildman–Crippen LogP) is 1.45. The summed E-state index contributed by atoms with van der Waals surface area (Å²) < 4.78 is 57.5. The number of carbonyl (C=O) groups is 2. The van der Waals surface area contributed by atoms with Crippen LogP contribution in [0.5, 0.6) is 0 Å². The molecule has 134 valence electrons. The van der Waals surface area contributed by atoms with Gasteiger partial charge in [0.1, 0.15) is 0 Å². The Morgan fingerprint density at radius 3 is 2.40 bits per heavy atom. The molecule has 1 aliphatic heterocycles. The molecule has 7 nitrogen and oxygen atoms in total. The molecule has 0 unspecified atom stereocenters. The van der Waals surface area contributed by atoms with Crippen LogP contribution < -0.4 is 0 Å². The van der Waals surface area contributed by atoms with Crippen LogP contribution in [0.4, 0.5) is 13.2 Å². The zero-order valence-electron chi connectivity index (χ0n) is 12.6. The summed E-state index contributed by atoms with van der Waals surface area (Å²) in [5.41, 5.74) is -3.31. The number of hydrogen-bond donors (Lipinski definition) is 1. The van der Waals surface area contributed by atoms with Crippen molar-refractivity contribution in [2.24, 2.45) is 0 Å². The fourth-order valence-electron chi connectivity index (χ4n) is 2.22. The molecule has 0 radical (unpaired) electrons. The van der Waals surface area contributed by atoms with Gasteiger partial charge in [0, 0.05) is 19.8 Å². The first-order chi connectivity index (χ1) is 11.4. The van der Waals surface area contributed by atoms with Crippen LogP contribution in [-0.2, 0) is 14.9 Å². The molecule has 3 rings (SSSR count). The average molecular weight is 376 g/mol. The Balaban J connectivity index is 0.000000242. The van der Waals surface area contributed by atoms with E-state index in [-0.39, 0.29) is 0 Å². The van der Waals surface area contributed by atoms with E-state index >= 15 is 0 Å². The SMILES string of the molecule is CN1CC=CC2=C1c1ncccc1C(=O)C2=O.O=S(=O)(O)C(F)(F)F. The van der Waals surface area contributed by atoms with Gasteiger partial charge in [-0.2, -0.15) is 21.6 Å². The van der Waals surface area contributed by atoms with Crippen molar-refractivity contribution < 1.29 is 35.7 Å². The highest BCUT2D eigenvalue weighted by Crippen LogP contribution is 2.32. The number of aromatic nitrogens is 1. The highest BCUT2D eigenvalue weighted by atomic mass is 32.2. The number of Topliss-reactive ketones (excluding diaryl/α,β-unsaturated/α-hetero) is 2. The van der Waals surface area contributed by atoms with E-state index in [1.807, 2.05) is 18.0 Å². The minimum Gasteiger partial charge on any atom is -0.368 e. The lowest BCUT2D eigenvalue weighted by atomic mass is 9.88. The minimum atomic E-state index is -5.84. The number of likely N-dealkylation sites (N-methyl/N-ethyl adjacent to an activating group) is 1. The van der Waals surface area contributed by atoms with Crippen LogP contribution in [0.3, 0.4) is 0 Å². The van der Waals surface area contributed by atoms with Gasteiger partial charge in [-0.05, 0) is 12.1 Å². The molecule has 0 bridgehead atoms. The molecule has 0 saturated carbocycles. The normalized spacial score (nSPS) is 16.9. The Labute approximate surface area is 140 Å². The first-order valence-electron chi connectivity index (χ1n) is 6.65. The summed E-state index contributed by atoms with van der Waals surface area (Å²) in [4.78, 5) is 30.0. The number of rotatable bonds is 0. The summed E-state index contributed by atoms with van der Waals surface area (Å²) in [6.45, 7) is 0.719. The quantitative estimate of drug-likeness (QED) is 0.415. The van der Waals surface area contributed by atoms with Gasteiger partial charge in [0.2, 0.25) is 11.6 Å². The minimum absolute atomic E-state index is 0.401. The van der Waals surface area contributed by atoms with Gasteiger partial charge in [-0.15, -0.1) is 0 Å². The van der Waals surface area contributed by atoms with E-state index in [1.54, 1.807) is 24.4 Å². The van der Waals surface area contributed by atoms with E-state index in [4.69, 9.17) is 13.0 Å². The molecule has 1 N–H and O–H groups in total. The van der Waals surface area contributed by atoms with Gasteiger partial charge in [0.25, 0.3) is 0 Å². The van der Waals surface area contributed by atoms with Gasteiger partial charge < -0.3 is 4.90 Å². The van der Waals surface area contributed by atoms with E-state index in [2.05, 4.69) is 4.98 Å². The highest BCUT2D eigenvalue weighted by Gasteiger charge is 2.44. The maximum atomic E-state index is 12.0. The van der Waals surface area contributed by atoms with Crippen LogP contribution in [-0.4, -0.2) is 53.5 Å². The first-order valence-corrected chi connectivity index (χ1v) is 8.09. The lowest BCUT2D eigenvalue weighted by Crippen LogP contribution is -2.32. The van der Waals surface area contributed by atoms with Crippen LogP contribution in [0.2, 0.25) is 0 Å². The van der Waals surface area contributed by atoms with Crippen LogP contribution in [0.15, 0.2) is 36.1 Å². The number of allylic oxidation sites excluding steroid dienone is 2. The molecule has 1 aromatic heterocycles. The summed E-state index contributed by atoms with van der Waals surface area (Å²) >= 11 is 0. The topological polar surface area (TPSA) is 105 Å². The molecule has 0 atom stereocenters. The summed E-state index contributed by atoms with van der Waals surface area (Å²) in [5.74, 6) is -0.907. The van der Waals surface area contributed by atoms with Crippen molar-refractivity contribution >= 4 is 27.4 Å².